The van der Waals surface area contributed by atoms with Crippen LogP contribution in [-0.2, 0) is 11.3 Å². The van der Waals surface area contributed by atoms with Gasteiger partial charge in [-0.15, -0.1) is 0 Å². The fourth-order valence-corrected chi connectivity index (χ4v) is 3.02. The number of nitrogens with zero attached hydrogens (tertiary/aromatic N) is 4. The molecule has 0 saturated carbocycles. The van der Waals surface area contributed by atoms with E-state index in [4.69, 9.17) is 11.6 Å². The number of rotatable bonds is 3. The van der Waals surface area contributed by atoms with Gasteiger partial charge >= 0.3 is 0 Å². The molecule has 0 N–H and O–H groups in total. The van der Waals surface area contributed by atoms with Crippen LogP contribution in [0, 0.1) is 0 Å². The predicted molar refractivity (Wildman–Crippen MR) is 89.5 cm³/mol. The maximum absolute atomic E-state index is 12.9. The number of pyridine rings is 1. The van der Waals surface area contributed by atoms with E-state index < -0.39 is 19.0 Å². The van der Waals surface area contributed by atoms with Gasteiger partial charge in [0, 0.05) is 16.8 Å². The summed E-state index contributed by atoms with van der Waals surface area (Å²) < 4.78 is 27.3. The maximum Gasteiger partial charge on any atom is 0.282 e. The first-order chi connectivity index (χ1) is 11.9. The number of carbonyl (C=O) groups excluding carboxylic acids is 1. The molecular weight excluding hydrogens is 350 g/mol. The summed E-state index contributed by atoms with van der Waals surface area (Å²) >= 11 is 6.02. The first kappa shape index (κ1) is 16.0. The Kier molecular flexibility index (Phi) is 3.68. The van der Waals surface area contributed by atoms with Gasteiger partial charge in [0.25, 0.3) is 5.92 Å². The Bertz CT molecular complexity index is 964. The minimum atomic E-state index is -2.77. The highest BCUT2D eigenvalue weighted by Gasteiger charge is 2.46. The monoisotopic (exact) mass is 362 g/mol. The van der Waals surface area contributed by atoms with Crippen molar-refractivity contribution in [2.24, 2.45) is 0 Å². The van der Waals surface area contributed by atoms with Gasteiger partial charge in [0.05, 0.1) is 24.8 Å². The van der Waals surface area contributed by atoms with Gasteiger partial charge in [0.1, 0.15) is 12.1 Å². The van der Waals surface area contributed by atoms with E-state index in [1.807, 2.05) is 24.3 Å². The van der Waals surface area contributed by atoms with Crippen LogP contribution in [-0.4, -0.2) is 44.6 Å². The molecule has 1 aliphatic heterocycles. The van der Waals surface area contributed by atoms with E-state index in [1.165, 1.54) is 4.68 Å². The Morgan fingerprint density at radius 2 is 2.00 bits per heavy atom. The molecule has 0 aliphatic carbocycles. The zero-order valence-electron chi connectivity index (χ0n) is 13.0. The minimum absolute atomic E-state index is 0.0970. The third-order valence-electron chi connectivity index (χ3n) is 4.13. The number of hydrogen-bond acceptors (Lipinski definition) is 3. The van der Waals surface area contributed by atoms with E-state index in [-0.39, 0.29) is 12.5 Å². The van der Waals surface area contributed by atoms with Crippen LogP contribution < -0.4 is 0 Å². The summed E-state index contributed by atoms with van der Waals surface area (Å²) in [5.74, 6) is -3.16. The van der Waals surface area contributed by atoms with Gasteiger partial charge < -0.3 is 4.90 Å². The number of amides is 1. The lowest BCUT2D eigenvalue weighted by Crippen LogP contribution is -2.59. The lowest BCUT2D eigenvalue weighted by atomic mass is 10.1. The second-order valence-corrected chi connectivity index (χ2v) is 6.48. The predicted octanol–water partition coefficient (Wildman–Crippen LogP) is 3.23. The van der Waals surface area contributed by atoms with Crippen LogP contribution in [0.5, 0.6) is 0 Å². The fourth-order valence-electron chi connectivity index (χ4n) is 2.83. The van der Waals surface area contributed by atoms with Gasteiger partial charge in [-0.25, -0.2) is 8.78 Å². The van der Waals surface area contributed by atoms with Gasteiger partial charge in [-0.3, -0.25) is 14.5 Å². The normalized spacial score (nSPS) is 16.0. The van der Waals surface area contributed by atoms with E-state index in [9.17, 15) is 13.6 Å². The van der Waals surface area contributed by atoms with Crippen molar-refractivity contribution >= 4 is 28.5 Å². The molecule has 1 aliphatic rings. The molecule has 128 valence electrons. The number of aromatic nitrogens is 3. The minimum Gasteiger partial charge on any atom is -0.329 e. The molecule has 3 heterocycles. The Balaban J connectivity index is 1.62. The fraction of sp³-hybridized carbons (Fsp3) is 0.235. The third-order valence-corrected chi connectivity index (χ3v) is 4.37. The van der Waals surface area contributed by atoms with Crippen molar-refractivity contribution < 1.29 is 13.6 Å². The molecule has 1 aromatic carbocycles. The second-order valence-electron chi connectivity index (χ2n) is 6.05. The number of alkyl halides is 2. The average Bonchev–Trinajstić information content (AvgIpc) is 2.94. The molecular formula is C17H13ClF2N4O. The highest BCUT2D eigenvalue weighted by atomic mass is 35.5. The van der Waals surface area contributed by atoms with Crippen molar-refractivity contribution in [1.82, 2.24) is 19.7 Å². The van der Waals surface area contributed by atoms with Crippen LogP contribution in [0.1, 0.15) is 0 Å². The van der Waals surface area contributed by atoms with Gasteiger partial charge in [0.15, 0.2) is 0 Å². The first-order valence-electron chi connectivity index (χ1n) is 7.64. The topological polar surface area (TPSA) is 51.0 Å². The number of carbonyl (C=O) groups is 1. The molecule has 1 fully saturated rings. The SMILES string of the molecule is O=C(Cn1ncc2ncc(-c3cccc(Cl)c3)cc21)N1CC(F)(F)C1. The van der Waals surface area contributed by atoms with Crippen molar-refractivity contribution in [3.8, 4) is 11.1 Å². The summed E-state index contributed by atoms with van der Waals surface area (Å²) in [4.78, 5) is 17.6. The Morgan fingerprint density at radius 1 is 1.20 bits per heavy atom. The van der Waals surface area contributed by atoms with E-state index in [0.29, 0.717) is 16.1 Å². The quantitative estimate of drug-likeness (QED) is 0.718. The maximum atomic E-state index is 12.9. The van der Waals surface area contributed by atoms with Gasteiger partial charge in [0.2, 0.25) is 5.91 Å². The number of fused-ring (bicyclic) bond motifs is 1. The number of hydrogen-bond donors (Lipinski definition) is 0. The molecule has 0 atom stereocenters. The van der Waals surface area contributed by atoms with Gasteiger partial charge in [-0.1, -0.05) is 23.7 Å². The van der Waals surface area contributed by atoms with Crippen molar-refractivity contribution in [2.75, 3.05) is 13.1 Å². The largest absolute Gasteiger partial charge is 0.329 e. The molecule has 4 rings (SSSR count). The lowest BCUT2D eigenvalue weighted by Gasteiger charge is -2.38. The highest BCUT2D eigenvalue weighted by Crippen LogP contribution is 2.28. The van der Waals surface area contributed by atoms with Crippen molar-refractivity contribution in [3.05, 3.63) is 47.7 Å². The van der Waals surface area contributed by atoms with Crippen LogP contribution >= 0.6 is 11.6 Å². The number of halogens is 3. The standard InChI is InChI=1S/C17H13ClF2N4O/c18-13-3-1-2-11(4-13)12-5-15-14(21-6-12)7-22-24(15)8-16(25)23-9-17(19,20)10-23/h1-7H,8-10H2. The Hall–Kier alpha value is -2.54. The van der Waals surface area contributed by atoms with Crippen LogP contribution in [0.2, 0.25) is 5.02 Å². The average molecular weight is 363 g/mol. The van der Waals surface area contributed by atoms with Crippen molar-refractivity contribution in [2.45, 2.75) is 12.5 Å². The summed E-state index contributed by atoms with van der Waals surface area (Å²) in [5.41, 5.74) is 3.02. The molecule has 0 spiro atoms. The molecule has 5 nitrogen and oxygen atoms in total. The third kappa shape index (κ3) is 3.07. The molecule has 8 heteroatoms. The van der Waals surface area contributed by atoms with Crippen LogP contribution in [0.4, 0.5) is 8.78 Å². The molecule has 1 saturated heterocycles. The molecule has 2 aromatic heterocycles. The summed E-state index contributed by atoms with van der Waals surface area (Å²) in [5, 5.41) is 4.77. The van der Waals surface area contributed by atoms with Crippen LogP contribution in [0.15, 0.2) is 42.7 Å². The highest BCUT2D eigenvalue weighted by molar-refractivity contribution is 6.30. The van der Waals surface area contributed by atoms with E-state index in [0.717, 1.165) is 16.0 Å². The zero-order chi connectivity index (χ0) is 17.6. The molecule has 25 heavy (non-hydrogen) atoms. The van der Waals surface area contributed by atoms with Crippen LogP contribution in [0.3, 0.4) is 0 Å². The zero-order valence-corrected chi connectivity index (χ0v) is 13.7. The van der Waals surface area contributed by atoms with E-state index in [2.05, 4.69) is 10.1 Å². The lowest BCUT2D eigenvalue weighted by molar-refractivity contribution is -0.166. The van der Waals surface area contributed by atoms with Crippen molar-refractivity contribution in [1.29, 1.82) is 0 Å². The molecule has 3 aromatic rings. The van der Waals surface area contributed by atoms with Gasteiger partial charge in [-0.05, 0) is 23.8 Å². The summed E-state index contributed by atoms with van der Waals surface area (Å²) in [6, 6.07) is 9.20. The molecule has 1 amide bonds. The first-order valence-corrected chi connectivity index (χ1v) is 8.02. The van der Waals surface area contributed by atoms with Crippen molar-refractivity contribution in [3.63, 3.8) is 0 Å². The van der Waals surface area contributed by atoms with Crippen LogP contribution in [0.25, 0.3) is 22.2 Å². The van der Waals surface area contributed by atoms with E-state index >= 15 is 0 Å². The molecule has 0 radical (unpaired) electrons. The second kappa shape index (κ2) is 5.77. The Morgan fingerprint density at radius 3 is 2.72 bits per heavy atom. The number of likely N-dealkylation sites (tertiary alicyclic amines) is 1. The summed E-state index contributed by atoms with van der Waals surface area (Å²) in [6.07, 6.45) is 3.26. The Labute approximate surface area is 146 Å². The van der Waals surface area contributed by atoms with Gasteiger partial charge in [-0.2, -0.15) is 5.10 Å². The molecule has 0 bridgehead atoms. The van der Waals surface area contributed by atoms with E-state index in [1.54, 1.807) is 18.5 Å². The number of benzene rings is 1. The summed E-state index contributed by atoms with van der Waals surface area (Å²) in [6.45, 7) is -1.16. The molecule has 0 unspecified atom stereocenters. The smallest absolute Gasteiger partial charge is 0.282 e. The summed E-state index contributed by atoms with van der Waals surface area (Å²) in [7, 11) is 0.